The molecule has 0 aromatic heterocycles. The van der Waals surface area contributed by atoms with Gasteiger partial charge in [-0.25, -0.2) is 0 Å². The highest BCUT2D eigenvalue weighted by Crippen LogP contribution is 2.44. The molecule has 0 spiro atoms. The van der Waals surface area contributed by atoms with Gasteiger partial charge in [-0.2, -0.15) is 0 Å². The van der Waals surface area contributed by atoms with E-state index in [4.69, 9.17) is 14.2 Å². The summed E-state index contributed by atoms with van der Waals surface area (Å²) < 4.78 is 14.8. The first-order chi connectivity index (χ1) is 8.96. The minimum Gasteiger partial charge on any atom is -0.465 e. The molecule has 104 valence electrons. The average molecular weight is 394 g/mol. The summed E-state index contributed by atoms with van der Waals surface area (Å²) in [5.74, 6) is 1.10. The maximum atomic E-state index is 12.0. The van der Waals surface area contributed by atoms with Crippen LogP contribution in [0.25, 0.3) is 0 Å². The van der Waals surface area contributed by atoms with E-state index in [0.717, 1.165) is 11.3 Å². The fourth-order valence-electron chi connectivity index (χ4n) is 1.76. The van der Waals surface area contributed by atoms with Crippen LogP contribution in [0.5, 0.6) is 11.5 Å². The smallest absolute Gasteiger partial charge is 0.324 e. The van der Waals surface area contributed by atoms with E-state index in [2.05, 4.69) is 31.9 Å². The molecule has 4 nitrogen and oxygen atoms in total. The Bertz CT molecular complexity index is 488. The summed E-state index contributed by atoms with van der Waals surface area (Å²) in [6.45, 7) is 4.13. The van der Waals surface area contributed by atoms with Crippen molar-refractivity contribution in [3.63, 3.8) is 0 Å². The molecule has 19 heavy (non-hydrogen) atoms. The van der Waals surface area contributed by atoms with Gasteiger partial charge in [-0.1, -0.05) is 37.9 Å². The number of hydrogen-bond acceptors (Lipinski definition) is 4. The lowest BCUT2D eigenvalue weighted by Crippen LogP contribution is -2.34. The number of carbonyl (C=O) groups is 1. The van der Waals surface area contributed by atoms with Crippen LogP contribution in [0.2, 0.25) is 0 Å². The van der Waals surface area contributed by atoms with Crippen molar-refractivity contribution in [2.45, 2.75) is 23.0 Å². The van der Waals surface area contributed by atoms with Gasteiger partial charge < -0.3 is 14.2 Å². The number of alkyl halides is 2. The molecule has 0 amide bonds. The van der Waals surface area contributed by atoms with Gasteiger partial charge in [0.1, 0.15) is 4.32 Å². The Kier molecular flexibility index (Phi) is 4.40. The molecule has 2 rings (SSSR count). The third-order valence-electron chi connectivity index (χ3n) is 2.84. The maximum absolute atomic E-state index is 12.0. The molecule has 0 N–H and O–H groups in total. The summed E-state index contributed by atoms with van der Waals surface area (Å²) in [4.78, 5) is 11.7. The van der Waals surface area contributed by atoms with Crippen LogP contribution in [-0.4, -0.2) is 23.7 Å². The van der Waals surface area contributed by atoms with Crippen molar-refractivity contribution in [1.29, 1.82) is 0 Å². The number of fused-ring (bicyclic) bond motifs is 1. The summed E-state index contributed by atoms with van der Waals surface area (Å²) in [6, 6.07) is 5.59. The number of hydrogen-bond donors (Lipinski definition) is 0. The molecule has 0 radical (unpaired) electrons. The van der Waals surface area contributed by atoms with E-state index < -0.39 is 4.32 Å². The molecule has 0 bridgehead atoms. The minimum absolute atomic E-state index is 0.231. The van der Waals surface area contributed by atoms with Crippen molar-refractivity contribution in [1.82, 2.24) is 0 Å². The second-order valence-electron chi connectivity index (χ2n) is 4.27. The fraction of sp³-hybridized carbons (Fsp3) is 0.462. The molecule has 2 unspecified atom stereocenters. The number of halogens is 2. The Balaban J connectivity index is 2.23. The summed E-state index contributed by atoms with van der Waals surface area (Å²) in [5.41, 5.74) is 0.914. The molecule has 1 aromatic carbocycles. The summed E-state index contributed by atoms with van der Waals surface area (Å²) in [7, 11) is 0. The lowest BCUT2D eigenvalue weighted by molar-refractivity contribution is -0.145. The first-order valence-electron chi connectivity index (χ1n) is 5.86. The van der Waals surface area contributed by atoms with Crippen molar-refractivity contribution < 1.29 is 19.0 Å². The second-order valence-corrected chi connectivity index (χ2v) is 6.83. The van der Waals surface area contributed by atoms with E-state index in [1.165, 1.54) is 0 Å². The first-order valence-corrected chi connectivity index (χ1v) is 7.57. The van der Waals surface area contributed by atoms with E-state index in [0.29, 0.717) is 12.4 Å². The topological polar surface area (TPSA) is 44.8 Å². The Morgan fingerprint density at radius 2 is 2.16 bits per heavy atom. The Labute approximate surface area is 128 Å². The highest BCUT2D eigenvalue weighted by molar-refractivity contribution is 9.12. The molecule has 0 saturated carbocycles. The predicted octanol–water partition coefficient (Wildman–Crippen LogP) is 3.57. The van der Waals surface area contributed by atoms with Crippen LogP contribution < -0.4 is 9.47 Å². The van der Waals surface area contributed by atoms with Crippen LogP contribution in [0.15, 0.2) is 18.2 Å². The van der Waals surface area contributed by atoms with Crippen molar-refractivity contribution in [3.05, 3.63) is 23.8 Å². The minimum atomic E-state index is -0.850. The van der Waals surface area contributed by atoms with Crippen LogP contribution in [0, 0.1) is 0 Å². The van der Waals surface area contributed by atoms with Gasteiger partial charge >= 0.3 is 5.97 Å². The van der Waals surface area contributed by atoms with Gasteiger partial charge in [-0.15, -0.1) is 0 Å². The van der Waals surface area contributed by atoms with Crippen LogP contribution in [0.4, 0.5) is 0 Å². The highest BCUT2D eigenvalue weighted by atomic mass is 79.9. The van der Waals surface area contributed by atoms with E-state index in [1.807, 2.05) is 18.2 Å². The van der Waals surface area contributed by atoms with Crippen LogP contribution in [0.1, 0.15) is 24.2 Å². The SMILES string of the molecule is CCOC(=O)C(C)(Br)C(Br)c1ccc2c(c1)OCO2. The Morgan fingerprint density at radius 3 is 2.84 bits per heavy atom. The monoisotopic (exact) mass is 392 g/mol. The van der Waals surface area contributed by atoms with Crippen LogP contribution in [0.3, 0.4) is 0 Å². The van der Waals surface area contributed by atoms with Crippen molar-refractivity contribution in [3.8, 4) is 11.5 Å². The van der Waals surface area contributed by atoms with Crippen LogP contribution >= 0.6 is 31.9 Å². The summed E-state index contributed by atoms with van der Waals surface area (Å²) in [6.07, 6.45) is 0. The third kappa shape index (κ3) is 2.89. The highest BCUT2D eigenvalue weighted by Gasteiger charge is 2.40. The zero-order chi connectivity index (χ0) is 14.0. The number of esters is 1. The predicted molar refractivity (Wildman–Crippen MR) is 78.2 cm³/mol. The molecule has 2 atom stereocenters. The quantitative estimate of drug-likeness (QED) is 0.579. The van der Waals surface area contributed by atoms with Crippen molar-refractivity contribution in [2.24, 2.45) is 0 Å². The molecule has 0 aliphatic carbocycles. The normalized spacial score (nSPS) is 17.7. The number of ether oxygens (including phenoxy) is 3. The molecule has 1 aliphatic rings. The molecular formula is C13H14Br2O4. The number of carbonyl (C=O) groups excluding carboxylic acids is 1. The number of benzene rings is 1. The third-order valence-corrected chi connectivity index (χ3v) is 5.68. The Morgan fingerprint density at radius 1 is 1.47 bits per heavy atom. The van der Waals surface area contributed by atoms with Crippen molar-refractivity contribution >= 4 is 37.8 Å². The van der Waals surface area contributed by atoms with Gasteiger partial charge in [-0.05, 0) is 31.5 Å². The first kappa shape index (κ1) is 14.7. The maximum Gasteiger partial charge on any atom is 0.324 e. The zero-order valence-electron chi connectivity index (χ0n) is 10.6. The van der Waals surface area contributed by atoms with Gasteiger partial charge in [0.05, 0.1) is 11.4 Å². The summed E-state index contributed by atoms with van der Waals surface area (Å²) >= 11 is 6.98. The number of rotatable bonds is 4. The lowest BCUT2D eigenvalue weighted by Gasteiger charge is -2.26. The van der Waals surface area contributed by atoms with Crippen molar-refractivity contribution in [2.75, 3.05) is 13.4 Å². The molecule has 0 saturated heterocycles. The van der Waals surface area contributed by atoms with Gasteiger partial charge in [0.15, 0.2) is 11.5 Å². The van der Waals surface area contributed by atoms with E-state index in [1.54, 1.807) is 13.8 Å². The lowest BCUT2D eigenvalue weighted by atomic mass is 10.0. The molecular weight excluding hydrogens is 380 g/mol. The largest absolute Gasteiger partial charge is 0.465 e. The zero-order valence-corrected chi connectivity index (χ0v) is 13.8. The molecule has 1 aliphatic heterocycles. The molecule has 1 heterocycles. The van der Waals surface area contributed by atoms with E-state index in [-0.39, 0.29) is 17.6 Å². The molecule has 0 fully saturated rings. The average Bonchev–Trinajstić information content (AvgIpc) is 2.85. The van der Waals surface area contributed by atoms with Gasteiger partial charge in [0, 0.05) is 0 Å². The second kappa shape index (κ2) is 5.71. The van der Waals surface area contributed by atoms with E-state index >= 15 is 0 Å². The summed E-state index contributed by atoms with van der Waals surface area (Å²) in [5, 5.41) is 0. The van der Waals surface area contributed by atoms with Gasteiger partial charge in [-0.3, -0.25) is 4.79 Å². The standard InChI is InChI=1S/C13H14Br2O4/c1-3-17-12(16)13(2,15)11(14)8-4-5-9-10(6-8)19-7-18-9/h4-6,11H,3,7H2,1-2H3. The van der Waals surface area contributed by atoms with Gasteiger partial charge in [0.2, 0.25) is 6.79 Å². The van der Waals surface area contributed by atoms with Gasteiger partial charge in [0.25, 0.3) is 0 Å². The van der Waals surface area contributed by atoms with E-state index in [9.17, 15) is 4.79 Å². The molecule has 1 aromatic rings. The fourth-order valence-corrected chi connectivity index (χ4v) is 2.61. The Hall–Kier alpha value is -0.750. The van der Waals surface area contributed by atoms with Crippen LogP contribution in [-0.2, 0) is 9.53 Å². The molecule has 6 heteroatoms.